The molecule has 0 spiro atoms. The van der Waals surface area contributed by atoms with Gasteiger partial charge in [-0.1, -0.05) is 37.3 Å². The van der Waals surface area contributed by atoms with Crippen molar-refractivity contribution >= 4 is 24.3 Å². The second-order valence-electron chi connectivity index (χ2n) is 6.45. The van der Waals surface area contributed by atoms with Crippen molar-refractivity contribution in [3.05, 3.63) is 35.9 Å². The average molecular weight is 369 g/mol. The molecule has 2 rings (SSSR count). The van der Waals surface area contributed by atoms with E-state index in [-0.39, 0.29) is 24.2 Å². The smallest absolute Gasteiger partial charge is 0.333 e. The van der Waals surface area contributed by atoms with Crippen LogP contribution in [0.2, 0.25) is 0 Å². The summed E-state index contributed by atoms with van der Waals surface area (Å²) < 4.78 is 5.12. The fraction of sp³-hybridized carbons (Fsp3) is 0.579. The summed E-state index contributed by atoms with van der Waals surface area (Å²) in [4.78, 5) is 24.7. The highest BCUT2D eigenvalue weighted by molar-refractivity contribution is 5.86. The summed E-state index contributed by atoms with van der Waals surface area (Å²) in [5, 5.41) is 6.24. The number of benzene rings is 1. The van der Waals surface area contributed by atoms with Crippen LogP contribution >= 0.6 is 12.4 Å². The number of carbonyl (C=O) groups is 2. The second kappa shape index (κ2) is 11.1. The zero-order valence-corrected chi connectivity index (χ0v) is 15.8. The number of amides is 1. The number of hydrogen-bond acceptors (Lipinski definition) is 4. The van der Waals surface area contributed by atoms with Gasteiger partial charge in [-0.05, 0) is 50.3 Å². The SMILES string of the molecule is CCOC(=O)[C@H](NC(=O)CC(C)C1CCCNC1)c1ccccc1.Cl. The van der Waals surface area contributed by atoms with Crippen molar-refractivity contribution in [2.75, 3.05) is 19.7 Å². The molecule has 0 saturated carbocycles. The van der Waals surface area contributed by atoms with E-state index in [4.69, 9.17) is 4.74 Å². The summed E-state index contributed by atoms with van der Waals surface area (Å²) in [6, 6.07) is 8.50. The van der Waals surface area contributed by atoms with Gasteiger partial charge in [-0.25, -0.2) is 4.79 Å². The molecular formula is C19H29ClN2O3. The third-order valence-electron chi connectivity index (χ3n) is 4.61. The number of piperidine rings is 1. The molecule has 5 nitrogen and oxygen atoms in total. The van der Waals surface area contributed by atoms with E-state index < -0.39 is 12.0 Å². The van der Waals surface area contributed by atoms with Gasteiger partial charge in [0.25, 0.3) is 0 Å². The third-order valence-corrected chi connectivity index (χ3v) is 4.61. The van der Waals surface area contributed by atoms with Crippen LogP contribution in [0.1, 0.15) is 44.7 Å². The molecule has 1 aliphatic heterocycles. The van der Waals surface area contributed by atoms with Crippen LogP contribution < -0.4 is 10.6 Å². The average Bonchev–Trinajstić information content (AvgIpc) is 2.61. The van der Waals surface area contributed by atoms with E-state index >= 15 is 0 Å². The minimum atomic E-state index is -0.740. The van der Waals surface area contributed by atoms with Crippen LogP contribution in [-0.2, 0) is 14.3 Å². The summed E-state index contributed by atoms with van der Waals surface area (Å²) in [5.41, 5.74) is 0.747. The fourth-order valence-electron chi connectivity index (χ4n) is 3.19. The van der Waals surface area contributed by atoms with E-state index in [1.54, 1.807) is 6.92 Å². The van der Waals surface area contributed by atoms with Crippen LogP contribution in [0, 0.1) is 11.8 Å². The first kappa shape index (κ1) is 21.5. The van der Waals surface area contributed by atoms with Crippen LogP contribution in [-0.4, -0.2) is 31.6 Å². The summed E-state index contributed by atoms with van der Waals surface area (Å²) in [7, 11) is 0. The highest BCUT2D eigenvalue weighted by Crippen LogP contribution is 2.23. The Bertz CT molecular complexity index is 533. The summed E-state index contributed by atoms with van der Waals surface area (Å²) in [6.45, 7) is 6.20. The lowest BCUT2D eigenvalue weighted by atomic mass is 9.85. The van der Waals surface area contributed by atoms with Gasteiger partial charge in [0.2, 0.25) is 5.91 Å². The Morgan fingerprint density at radius 1 is 1.32 bits per heavy atom. The van der Waals surface area contributed by atoms with E-state index in [2.05, 4.69) is 17.6 Å². The van der Waals surface area contributed by atoms with Crippen molar-refractivity contribution in [2.24, 2.45) is 11.8 Å². The summed E-state index contributed by atoms with van der Waals surface area (Å²) >= 11 is 0. The first-order valence-corrected chi connectivity index (χ1v) is 8.83. The molecule has 1 saturated heterocycles. The minimum absolute atomic E-state index is 0. The lowest BCUT2D eigenvalue weighted by molar-refractivity contribution is -0.147. The molecule has 1 fully saturated rings. The van der Waals surface area contributed by atoms with E-state index in [1.165, 1.54) is 0 Å². The van der Waals surface area contributed by atoms with Gasteiger partial charge in [0.1, 0.15) is 0 Å². The lowest BCUT2D eigenvalue weighted by Crippen LogP contribution is -2.38. The highest BCUT2D eigenvalue weighted by atomic mass is 35.5. The van der Waals surface area contributed by atoms with Crippen LogP contribution in [0.3, 0.4) is 0 Å². The number of halogens is 1. The van der Waals surface area contributed by atoms with Gasteiger partial charge >= 0.3 is 5.97 Å². The van der Waals surface area contributed by atoms with Crippen LogP contribution in [0.25, 0.3) is 0 Å². The topological polar surface area (TPSA) is 67.4 Å². The molecule has 6 heteroatoms. The largest absolute Gasteiger partial charge is 0.464 e. The van der Waals surface area contributed by atoms with Crippen molar-refractivity contribution in [1.82, 2.24) is 10.6 Å². The molecule has 0 aliphatic carbocycles. The molecule has 1 aromatic rings. The van der Waals surface area contributed by atoms with E-state index in [9.17, 15) is 9.59 Å². The molecule has 2 unspecified atom stereocenters. The van der Waals surface area contributed by atoms with Gasteiger partial charge in [-0.3, -0.25) is 4.79 Å². The monoisotopic (exact) mass is 368 g/mol. The van der Waals surface area contributed by atoms with Crippen molar-refractivity contribution in [3.8, 4) is 0 Å². The van der Waals surface area contributed by atoms with Crippen LogP contribution in [0.5, 0.6) is 0 Å². The molecule has 0 aromatic heterocycles. The Hall–Kier alpha value is -1.59. The van der Waals surface area contributed by atoms with E-state index in [0.29, 0.717) is 18.9 Å². The Morgan fingerprint density at radius 3 is 2.64 bits per heavy atom. The molecule has 0 radical (unpaired) electrons. The number of ether oxygens (including phenoxy) is 1. The maximum Gasteiger partial charge on any atom is 0.333 e. The number of hydrogen-bond donors (Lipinski definition) is 2. The molecule has 1 heterocycles. The molecule has 1 aromatic carbocycles. The highest BCUT2D eigenvalue weighted by Gasteiger charge is 2.27. The number of rotatable bonds is 7. The maximum absolute atomic E-state index is 12.4. The van der Waals surface area contributed by atoms with Gasteiger partial charge in [-0.2, -0.15) is 0 Å². The van der Waals surface area contributed by atoms with Gasteiger partial charge in [0.15, 0.2) is 6.04 Å². The zero-order chi connectivity index (χ0) is 17.4. The van der Waals surface area contributed by atoms with Crippen LogP contribution in [0.15, 0.2) is 30.3 Å². The van der Waals surface area contributed by atoms with E-state index in [0.717, 1.165) is 31.5 Å². The quantitative estimate of drug-likeness (QED) is 0.726. The van der Waals surface area contributed by atoms with Gasteiger partial charge in [0.05, 0.1) is 6.61 Å². The van der Waals surface area contributed by atoms with Crippen LogP contribution in [0.4, 0.5) is 0 Å². The third kappa shape index (κ3) is 6.67. The van der Waals surface area contributed by atoms with Crippen molar-refractivity contribution < 1.29 is 14.3 Å². The predicted molar refractivity (Wildman–Crippen MR) is 101 cm³/mol. The van der Waals surface area contributed by atoms with Crippen molar-refractivity contribution in [3.63, 3.8) is 0 Å². The van der Waals surface area contributed by atoms with Crippen molar-refractivity contribution in [2.45, 2.75) is 39.2 Å². The van der Waals surface area contributed by atoms with Gasteiger partial charge in [0, 0.05) is 6.42 Å². The summed E-state index contributed by atoms with van der Waals surface area (Å²) in [6.07, 6.45) is 2.74. The van der Waals surface area contributed by atoms with Gasteiger partial charge in [-0.15, -0.1) is 12.4 Å². The number of nitrogens with one attached hydrogen (secondary N) is 2. The maximum atomic E-state index is 12.4. The number of esters is 1. The molecule has 1 amide bonds. The first-order valence-electron chi connectivity index (χ1n) is 8.83. The Balaban J connectivity index is 0.00000312. The molecular weight excluding hydrogens is 340 g/mol. The summed E-state index contributed by atoms with van der Waals surface area (Å²) in [5.74, 6) is 0.290. The Morgan fingerprint density at radius 2 is 2.04 bits per heavy atom. The Labute approximate surface area is 156 Å². The molecule has 0 bridgehead atoms. The first-order chi connectivity index (χ1) is 11.6. The molecule has 1 aliphatic rings. The second-order valence-corrected chi connectivity index (χ2v) is 6.45. The van der Waals surface area contributed by atoms with Crippen molar-refractivity contribution in [1.29, 1.82) is 0 Å². The fourth-order valence-corrected chi connectivity index (χ4v) is 3.19. The zero-order valence-electron chi connectivity index (χ0n) is 15.0. The lowest BCUT2D eigenvalue weighted by Gasteiger charge is -2.28. The van der Waals surface area contributed by atoms with E-state index in [1.807, 2.05) is 30.3 Å². The Kier molecular flexibility index (Phi) is 9.53. The standard InChI is InChI=1S/C19H28N2O3.ClH/c1-3-24-19(23)18(15-8-5-4-6-9-15)21-17(22)12-14(2)16-10-7-11-20-13-16;/h4-6,8-9,14,16,18,20H,3,7,10-13H2,1-2H3,(H,21,22);1H/t14?,16?,18-;/m1./s1. The molecule has 2 N–H and O–H groups in total. The molecule has 3 atom stereocenters. The normalized spacial score (nSPS) is 19.2. The minimum Gasteiger partial charge on any atom is -0.464 e. The number of carbonyl (C=O) groups excluding carboxylic acids is 2. The molecule has 140 valence electrons. The van der Waals surface area contributed by atoms with Gasteiger partial charge < -0.3 is 15.4 Å². The predicted octanol–water partition coefficient (Wildman–Crippen LogP) is 2.85. The molecule has 25 heavy (non-hydrogen) atoms.